The summed E-state index contributed by atoms with van der Waals surface area (Å²) in [6, 6.07) is 2.91. The quantitative estimate of drug-likeness (QED) is 0.826. The van der Waals surface area contributed by atoms with Crippen LogP contribution < -0.4 is 10.5 Å². The fraction of sp³-hybridized carbons (Fsp3) is 0.500. The molecule has 7 heteroatoms. The van der Waals surface area contributed by atoms with E-state index in [2.05, 4.69) is 35.1 Å². The van der Waals surface area contributed by atoms with Gasteiger partial charge in [0.2, 0.25) is 10.0 Å². The molecule has 0 radical (unpaired) electrons. The maximum Gasteiger partial charge on any atom is 0.251 e. The highest BCUT2D eigenvalue weighted by atomic mass is 79.9. The van der Waals surface area contributed by atoms with Gasteiger partial charge >= 0.3 is 0 Å². The maximum atomic E-state index is 12.1. The van der Waals surface area contributed by atoms with Gasteiger partial charge in [-0.15, -0.1) is 0 Å². The molecule has 21 heavy (non-hydrogen) atoms. The number of amides is 1. The van der Waals surface area contributed by atoms with Gasteiger partial charge in [-0.3, -0.25) is 4.79 Å². The van der Waals surface area contributed by atoms with Crippen molar-refractivity contribution in [3.05, 3.63) is 27.7 Å². The third-order valence-electron chi connectivity index (χ3n) is 3.59. The van der Waals surface area contributed by atoms with Crippen molar-refractivity contribution in [3.8, 4) is 0 Å². The molecule has 0 aliphatic carbocycles. The average molecular weight is 377 g/mol. The van der Waals surface area contributed by atoms with Gasteiger partial charge in [0.1, 0.15) is 0 Å². The van der Waals surface area contributed by atoms with E-state index in [-0.39, 0.29) is 16.4 Å². The molecule has 5 nitrogen and oxygen atoms in total. The first-order valence-corrected chi connectivity index (χ1v) is 8.99. The molecule has 1 unspecified atom stereocenters. The lowest BCUT2D eigenvalue weighted by atomic mass is 9.98. The van der Waals surface area contributed by atoms with Gasteiger partial charge in [-0.25, -0.2) is 13.6 Å². The van der Waals surface area contributed by atoms with E-state index >= 15 is 0 Å². The van der Waals surface area contributed by atoms with Crippen LogP contribution in [0.2, 0.25) is 0 Å². The van der Waals surface area contributed by atoms with Crippen LogP contribution in [0.1, 0.15) is 36.7 Å². The van der Waals surface area contributed by atoms with E-state index in [1.807, 2.05) is 6.92 Å². The summed E-state index contributed by atoms with van der Waals surface area (Å²) in [5.41, 5.74) is 0.761. The Labute approximate surface area is 134 Å². The lowest BCUT2D eigenvalue weighted by Gasteiger charge is -2.16. The Morgan fingerprint density at radius 1 is 1.33 bits per heavy atom. The zero-order valence-corrected chi connectivity index (χ0v) is 15.0. The van der Waals surface area contributed by atoms with Crippen molar-refractivity contribution < 1.29 is 13.2 Å². The summed E-state index contributed by atoms with van der Waals surface area (Å²) >= 11 is 3.26. The summed E-state index contributed by atoms with van der Waals surface area (Å²) in [6.07, 6.45) is 0. The SMILES string of the molecule is Cc1c(Br)cc(C(=O)NCC(C)C(C)C)cc1S(N)(=O)=O. The van der Waals surface area contributed by atoms with E-state index in [4.69, 9.17) is 5.14 Å². The Balaban J connectivity index is 3.04. The molecule has 118 valence electrons. The van der Waals surface area contributed by atoms with Gasteiger partial charge in [0, 0.05) is 16.6 Å². The molecule has 0 aliphatic rings. The van der Waals surface area contributed by atoms with Crippen LogP contribution in [-0.4, -0.2) is 20.9 Å². The fourth-order valence-electron chi connectivity index (χ4n) is 1.67. The molecule has 0 bridgehead atoms. The first kappa shape index (κ1) is 18.1. The number of carbonyl (C=O) groups excluding carboxylic acids is 1. The van der Waals surface area contributed by atoms with E-state index in [9.17, 15) is 13.2 Å². The number of rotatable bonds is 5. The topological polar surface area (TPSA) is 89.3 Å². The second-order valence-electron chi connectivity index (χ2n) is 5.56. The van der Waals surface area contributed by atoms with E-state index in [0.29, 0.717) is 28.4 Å². The van der Waals surface area contributed by atoms with Gasteiger partial charge in [0.25, 0.3) is 5.91 Å². The van der Waals surface area contributed by atoms with E-state index < -0.39 is 10.0 Å². The largest absolute Gasteiger partial charge is 0.352 e. The van der Waals surface area contributed by atoms with Crippen molar-refractivity contribution in [2.75, 3.05) is 6.54 Å². The third kappa shape index (κ3) is 4.79. The van der Waals surface area contributed by atoms with Crippen LogP contribution in [0, 0.1) is 18.8 Å². The maximum absolute atomic E-state index is 12.1. The first-order valence-electron chi connectivity index (χ1n) is 6.65. The predicted octanol–water partition coefficient (Wildman–Crippen LogP) is 2.43. The van der Waals surface area contributed by atoms with Gasteiger partial charge in [0.05, 0.1) is 4.90 Å². The number of nitrogens with one attached hydrogen (secondary N) is 1. The average Bonchev–Trinajstić information content (AvgIpc) is 2.36. The number of hydrogen-bond acceptors (Lipinski definition) is 3. The van der Waals surface area contributed by atoms with Crippen LogP contribution in [0.15, 0.2) is 21.5 Å². The molecule has 1 aromatic carbocycles. The molecule has 1 atom stereocenters. The number of halogens is 1. The van der Waals surface area contributed by atoms with Gasteiger partial charge in [0.15, 0.2) is 0 Å². The Morgan fingerprint density at radius 2 is 1.90 bits per heavy atom. The number of primary sulfonamides is 1. The minimum Gasteiger partial charge on any atom is -0.352 e. The standard InChI is InChI=1S/C14H21BrN2O3S/c1-8(2)9(3)7-17-14(18)11-5-12(15)10(4)13(6-11)21(16,19)20/h5-6,8-9H,7H2,1-4H3,(H,17,18)(H2,16,19,20). The zero-order valence-electron chi connectivity index (χ0n) is 12.6. The summed E-state index contributed by atoms with van der Waals surface area (Å²) in [5, 5.41) is 7.99. The highest BCUT2D eigenvalue weighted by Gasteiger charge is 2.18. The van der Waals surface area contributed by atoms with Crippen LogP contribution in [-0.2, 0) is 10.0 Å². The molecule has 0 spiro atoms. The van der Waals surface area contributed by atoms with Crippen molar-refractivity contribution in [1.29, 1.82) is 0 Å². The van der Waals surface area contributed by atoms with Gasteiger partial charge in [-0.1, -0.05) is 36.7 Å². The molecule has 1 amide bonds. The predicted molar refractivity (Wildman–Crippen MR) is 86.6 cm³/mol. The Kier molecular flexibility index (Phi) is 5.95. The van der Waals surface area contributed by atoms with E-state index in [0.717, 1.165) is 0 Å². The zero-order chi connectivity index (χ0) is 16.4. The normalized spacial score (nSPS) is 13.3. The third-order valence-corrected chi connectivity index (χ3v) is 5.45. The minimum absolute atomic E-state index is 0.0427. The molecule has 0 saturated heterocycles. The molecule has 1 rings (SSSR count). The lowest BCUT2D eigenvalue weighted by molar-refractivity contribution is 0.0944. The second-order valence-corrected chi connectivity index (χ2v) is 7.94. The fourth-order valence-corrected chi connectivity index (χ4v) is 3.09. The van der Waals surface area contributed by atoms with Crippen LogP contribution in [0.3, 0.4) is 0 Å². The smallest absolute Gasteiger partial charge is 0.251 e. The van der Waals surface area contributed by atoms with Crippen molar-refractivity contribution in [2.45, 2.75) is 32.6 Å². The second kappa shape index (κ2) is 6.89. The molecular formula is C14H21BrN2O3S. The first-order chi connectivity index (χ1) is 9.54. The molecular weight excluding hydrogens is 356 g/mol. The van der Waals surface area contributed by atoms with Crippen LogP contribution >= 0.6 is 15.9 Å². The van der Waals surface area contributed by atoms with Crippen LogP contribution in [0.25, 0.3) is 0 Å². The Hall–Kier alpha value is -0.920. The number of sulfonamides is 1. The van der Waals surface area contributed by atoms with Gasteiger partial charge in [-0.2, -0.15) is 0 Å². The molecule has 0 aliphatic heterocycles. The summed E-state index contributed by atoms with van der Waals surface area (Å²) in [7, 11) is -3.87. The molecule has 0 fully saturated rings. The van der Waals surface area contributed by atoms with Gasteiger partial charge in [-0.05, 0) is 36.5 Å². The number of benzene rings is 1. The van der Waals surface area contributed by atoms with E-state index in [1.54, 1.807) is 13.0 Å². The summed E-state index contributed by atoms with van der Waals surface area (Å²) in [6.45, 7) is 8.38. The highest BCUT2D eigenvalue weighted by Crippen LogP contribution is 2.25. The lowest BCUT2D eigenvalue weighted by Crippen LogP contribution is -2.30. The van der Waals surface area contributed by atoms with Crippen molar-refractivity contribution in [1.82, 2.24) is 5.32 Å². The molecule has 1 aromatic rings. The summed E-state index contributed by atoms with van der Waals surface area (Å²) in [5.74, 6) is 0.476. The van der Waals surface area contributed by atoms with E-state index in [1.165, 1.54) is 6.07 Å². The molecule has 0 heterocycles. The Morgan fingerprint density at radius 3 is 2.38 bits per heavy atom. The van der Waals surface area contributed by atoms with Crippen molar-refractivity contribution in [2.24, 2.45) is 17.0 Å². The minimum atomic E-state index is -3.87. The van der Waals surface area contributed by atoms with Gasteiger partial charge < -0.3 is 5.32 Å². The molecule has 0 aromatic heterocycles. The molecule has 3 N–H and O–H groups in total. The number of nitrogens with two attached hydrogens (primary N) is 1. The van der Waals surface area contributed by atoms with Crippen molar-refractivity contribution >= 4 is 31.9 Å². The summed E-state index contributed by atoms with van der Waals surface area (Å²) < 4.78 is 23.7. The number of hydrogen-bond donors (Lipinski definition) is 2. The molecule has 0 saturated carbocycles. The number of carbonyl (C=O) groups is 1. The van der Waals surface area contributed by atoms with Crippen LogP contribution in [0.5, 0.6) is 0 Å². The monoisotopic (exact) mass is 376 g/mol. The van der Waals surface area contributed by atoms with Crippen molar-refractivity contribution in [3.63, 3.8) is 0 Å². The Bertz CT molecular complexity index is 642. The highest BCUT2D eigenvalue weighted by molar-refractivity contribution is 9.10. The van der Waals surface area contributed by atoms with Crippen LogP contribution in [0.4, 0.5) is 0 Å². The summed E-state index contributed by atoms with van der Waals surface area (Å²) in [4.78, 5) is 12.1.